The minimum Gasteiger partial charge on any atom is -0.348 e. The summed E-state index contributed by atoms with van der Waals surface area (Å²) in [6.45, 7) is 10.6. The van der Waals surface area contributed by atoms with Gasteiger partial charge in [-0.05, 0) is 38.5 Å². The highest BCUT2D eigenvalue weighted by Crippen LogP contribution is 2.11. The lowest BCUT2D eigenvalue weighted by Crippen LogP contribution is -2.35. The topological polar surface area (TPSA) is 41.1 Å². The SMILES string of the molecule is C=C(C)C(NC=O)/C(=C\[C@@H](C)F)CNCCC. The first kappa shape index (κ1) is 15.8. The first-order valence-electron chi connectivity index (χ1n) is 5.93. The van der Waals surface area contributed by atoms with Gasteiger partial charge in [0.15, 0.2) is 0 Å². The predicted octanol–water partition coefficient (Wildman–Crippen LogP) is 1.96. The normalized spacial score (nSPS) is 15.2. The average Bonchev–Trinajstić information content (AvgIpc) is 2.24. The number of carbonyl (C=O) groups excluding carboxylic acids is 1. The van der Waals surface area contributed by atoms with Crippen molar-refractivity contribution in [3.63, 3.8) is 0 Å². The van der Waals surface area contributed by atoms with Crippen LogP contribution in [0.3, 0.4) is 0 Å². The molecular weight excluding hydrogens is 219 g/mol. The first-order chi connectivity index (χ1) is 8.02. The molecule has 0 saturated heterocycles. The number of hydrogen-bond donors (Lipinski definition) is 2. The molecule has 0 aromatic carbocycles. The lowest BCUT2D eigenvalue weighted by atomic mass is 9.99. The van der Waals surface area contributed by atoms with Crippen molar-refractivity contribution in [1.29, 1.82) is 0 Å². The second kappa shape index (κ2) is 8.93. The number of carbonyl (C=O) groups is 1. The Hall–Kier alpha value is -1.16. The van der Waals surface area contributed by atoms with Crippen LogP contribution in [-0.2, 0) is 4.79 Å². The number of halogens is 1. The molecule has 0 radical (unpaired) electrons. The summed E-state index contributed by atoms with van der Waals surface area (Å²) in [5, 5.41) is 5.86. The number of alkyl halides is 1. The van der Waals surface area contributed by atoms with Crippen molar-refractivity contribution in [2.45, 2.75) is 39.4 Å². The Balaban J connectivity index is 4.73. The Morgan fingerprint density at radius 3 is 2.59 bits per heavy atom. The van der Waals surface area contributed by atoms with Crippen LogP contribution in [0.15, 0.2) is 23.8 Å². The van der Waals surface area contributed by atoms with Crippen molar-refractivity contribution in [3.8, 4) is 0 Å². The molecule has 0 heterocycles. The molecule has 2 atom stereocenters. The number of nitrogens with one attached hydrogen (secondary N) is 2. The van der Waals surface area contributed by atoms with Crippen LogP contribution in [0.2, 0.25) is 0 Å². The van der Waals surface area contributed by atoms with E-state index in [-0.39, 0.29) is 6.04 Å². The fourth-order valence-corrected chi connectivity index (χ4v) is 1.60. The van der Waals surface area contributed by atoms with E-state index in [1.807, 2.05) is 6.92 Å². The minimum atomic E-state index is -1.04. The van der Waals surface area contributed by atoms with Gasteiger partial charge in [-0.3, -0.25) is 4.79 Å². The molecular formula is C13H23FN2O. The third-order valence-corrected chi connectivity index (χ3v) is 2.30. The van der Waals surface area contributed by atoms with E-state index in [0.29, 0.717) is 13.0 Å². The Labute approximate surface area is 103 Å². The van der Waals surface area contributed by atoms with Crippen molar-refractivity contribution in [3.05, 3.63) is 23.8 Å². The van der Waals surface area contributed by atoms with Gasteiger partial charge in [-0.25, -0.2) is 4.39 Å². The number of allylic oxidation sites excluding steroid dienone is 1. The fourth-order valence-electron chi connectivity index (χ4n) is 1.60. The van der Waals surface area contributed by atoms with Gasteiger partial charge in [0, 0.05) is 6.54 Å². The monoisotopic (exact) mass is 242 g/mol. The maximum absolute atomic E-state index is 13.1. The molecule has 0 aliphatic carbocycles. The molecule has 0 saturated carbocycles. The zero-order chi connectivity index (χ0) is 13.3. The lowest BCUT2D eigenvalue weighted by Gasteiger charge is -2.21. The maximum Gasteiger partial charge on any atom is 0.207 e. The van der Waals surface area contributed by atoms with Gasteiger partial charge in [-0.1, -0.05) is 19.1 Å². The van der Waals surface area contributed by atoms with E-state index in [0.717, 1.165) is 24.1 Å². The molecule has 98 valence electrons. The van der Waals surface area contributed by atoms with E-state index in [2.05, 4.69) is 24.1 Å². The van der Waals surface area contributed by atoms with Crippen LogP contribution in [0, 0.1) is 0 Å². The lowest BCUT2D eigenvalue weighted by molar-refractivity contribution is -0.109. The Bertz CT molecular complexity index is 275. The Kier molecular flexibility index (Phi) is 8.32. The van der Waals surface area contributed by atoms with Gasteiger partial charge in [0.05, 0.1) is 6.04 Å². The fraction of sp³-hybridized carbons (Fsp3) is 0.615. The summed E-state index contributed by atoms with van der Waals surface area (Å²) in [4.78, 5) is 10.5. The third kappa shape index (κ3) is 6.89. The highest BCUT2D eigenvalue weighted by atomic mass is 19.1. The maximum atomic E-state index is 13.1. The third-order valence-electron chi connectivity index (χ3n) is 2.30. The molecule has 1 amide bonds. The van der Waals surface area contributed by atoms with E-state index < -0.39 is 6.17 Å². The summed E-state index contributed by atoms with van der Waals surface area (Å²) in [7, 11) is 0. The van der Waals surface area contributed by atoms with Crippen LogP contribution < -0.4 is 10.6 Å². The van der Waals surface area contributed by atoms with Crippen molar-refractivity contribution in [1.82, 2.24) is 10.6 Å². The molecule has 4 heteroatoms. The van der Waals surface area contributed by atoms with E-state index in [1.54, 1.807) is 0 Å². The van der Waals surface area contributed by atoms with Gasteiger partial charge in [-0.2, -0.15) is 0 Å². The van der Waals surface area contributed by atoms with Gasteiger partial charge in [0.2, 0.25) is 6.41 Å². The molecule has 3 nitrogen and oxygen atoms in total. The van der Waals surface area contributed by atoms with E-state index in [4.69, 9.17) is 0 Å². The molecule has 0 aliphatic rings. The molecule has 0 aliphatic heterocycles. The summed E-state index contributed by atoms with van der Waals surface area (Å²) in [6.07, 6.45) is 2.12. The van der Waals surface area contributed by atoms with Crippen LogP contribution >= 0.6 is 0 Å². The van der Waals surface area contributed by atoms with Gasteiger partial charge in [0.25, 0.3) is 0 Å². The number of hydrogen-bond acceptors (Lipinski definition) is 2. The van der Waals surface area contributed by atoms with Gasteiger partial charge >= 0.3 is 0 Å². The Morgan fingerprint density at radius 1 is 1.53 bits per heavy atom. The second-order valence-corrected chi connectivity index (χ2v) is 4.16. The standard InChI is InChI=1S/C13H23FN2O/c1-5-6-15-8-12(7-11(4)14)13(10(2)3)16-9-17/h7,9,11,13,15H,2,5-6,8H2,1,3-4H3,(H,16,17)/b12-7-/t11-,13?/m1/s1. The van der Waals surface area contributed by atoms with Crippen LogP contribution in [0.1, 0.15) is 27.2 Å². The summed E-state index contributed by atoms with van der Waals surface area (Å²) < 4.78 is 13.1. The highest BCUT2D eigenvalue weighted by Gasteiger charge is 2.14. The quantitative estimate of drug-likeness (QED) is 0.369. The molecule has 0 aromatic heterocycles. The van der Waals surface area contributed by atoms with Crippen LogP contribution in [0.5, 0.6) is 0 Å². The molecule has 17 heavy (non-hydrogen) atoms. The molecule has 0 aromatic rings. The number of rotatable bonds is 9. The van der Waals surface area contributed by atoms with Crippen LogP contribution in [0.25, 0.3) is 0 Å². The molecule has 0 spiro atoms. The smallest absolute Gasteiger partial charge is 0.207 e. The molecule has 2 N–H and O–H groups in total. The first-order valence-corrected chi connectivity index (χ1v) is 5.93. The van der Waals surface area contributed by atoms with Crippen LogP contribution in [0.4, 0.5) is 4.39 Å². The molecule has 1 unspecified atom stereocenters. The summed E-state index contributed by atoms with van der Waals surface area (Å²) in [6, 6.07) is -0.296. The summed E-state index contributed by atoms with van der Waals surface area (Å²) in [5.74, 6) is 0. The van der Waals surface area contributed by atoms with Crippen LogP contribution in [-0.4, -0.2) is 31.7 Å². The van der Waals surface area contributed by atoms with E-state index in [9.17, 15) is 9.18 Å². The van der Waals surface area contributed by atoms with Crippen molar-refractivity contribution < 1.29 is 9.18 Å². The Morgan fingerprint density at radius 2 is 2.18 bits per heavy atom. The van der Waals surface area contributed by atoms with Crippen molar-refractivity contribution in [2.24, 2.45) is 0 Å². The second-order valence-electron chi connectivity index (χ2n) is 4.16. The van der Waals surface area contributed by atoms with Gasteiger partial charge in [-0.15, -0.1) is 0 Å². The summed E-state index contributed by atoms with van der Waals surface area (Å²) in [5.41, 5.74) is 1.61. The zero-order valence-corrected chi connectivity index (χ0v) is 10.9. The average molecular weight is 242 g/mol. The minimum absolute atomic E-state index is 0.296. The van der Waals surface area contributed by atoms with Gasteiger partial charge in [0.1, 0.15) is 6.17 Å². The highest BCUT2D eigenvalue weighted by molar-refractivity contribution is 5.50. The predicted molar refractivity (Wildman–Crippen MR) is 69.6 cm³/mol. The van der Waals surface area contributed by atoms with E-state index >= 15 is 0 Å². The molecule has 0 bridgehead atoms. The molecule has 0 rings (SSSR count). The van der Waals surface area contributed by atoms with Crippen molar-refractivity contribution >= 4 is 6.41 Å². The zero-order valence-electron chi connectivity index (χ0n) is 10.9. The number of amides is 1. The van der Waals surface area contributed by atoms with E-state index in [1.165, 1.54) is 13.0 Å². The van der Waals surface area contributed by atoms with Gasteiger partial charge < -0.3 is 10.6 Å². The van der Waals surface area contributed by atoms with Crippen molar-refractivity contribution in [2.75, 3.05) is 13.1 Å². The summed E-state index contributed by atoms with van der Waals surface area (Å²) >= 11 is 0. The molecule has 0 fully saturated rings. The largest absolute Gasteiger partial charge is 0.348 e.